The first kappa shape index (κ1) is 26.0. The summed E-state index contributed by atoms with van der Waals surface area (Å²) in [5.41, 5.74) is 3.54. The number of rotatable bonds is 1. The monoisotopic (exact) mass is 553 g/mol. The van der Waals surface area contributed by atoms with Gasteiger partial charge in [0.2, 0.25) is 0 Å². The molecule has 33 heavy (non-hydrogen) atoms. The zero-order chi connectivity index (χ0) is 24.3. The van der Waals surface area contributed by atoms with Crippen LogP contribution >= 0.6 is 39.1 Å². The quantitative estimate of drug-likeness (QED) is 0.372. The van der Waals surface area contributed by atoms with Crippen LogP contribution in [0.15, 0.2) is 30.5 Å². The first-order chi connectivity index (χ1) is 15.6. The van der Waals surface area contributed by atoms with Gasteiger partial charge in [-0.15, -0.1) is 0 Å². The van der Waals surface area contributed by atoms with E-state index in [1.165, 1.54) is 0 Å². The Bertz CT molecular complexity index is 1040. The Hall–Kier alpha value is -1.60. The van der Waals surface area contributed by atoms with E-state index < -0.39 is 5.60 Å². The Balaban J connectivity index is 0.00000149. The number of aromatic nitrogens is 1. The van der Waals surface area contributed by atoms with Crippen LogP contribution in [0.25, 0.3) is 10.6 Å². The average molecular weight is 555 g/mol. The molecule has 0 bridgehead atoms. The van der Waals surface area contributed by atoms with Crippen LogP contribution < -0.4 is 0 Å². The van der Waals surface area contributed by atoms with Gasteiger partial charge in [-0.25, -0.2) is 4.79 Å². The van der Waals surface area contributed by atoms with E-state index >= 15 is 0 Å². The average Bonchev–Trinajstić information content (AvgIpc) is 2.87. The summed E-state index contributed by atoms with van der Waals surface area (Å²) in [6, 6.07) is 7.79. The molecule has 0 saturated carbocycles. The second kappa shape index (κ2) is 10.8. The van der Waals surface area contributed by atoms with Crippen molar-refractivity contribution in [1.29, 1.82) is 0 Å². The lowest BCUT2D eigenvalue weighted by Crippen LogP contribution is -2.51. The molecule has 1 aliphatic heterocycles. The third kappa shape index (κ3) is 6.10. The van der Waals surface area contributed by atoms with Crippen molar-refractivity contribution in [2.75, 3.05) is 26.2 Å². The van der Waals surface area contributed by atoms with Crippen molar-refractivity contribution in [3.8, 4) is 0 Å². The number of amides is 1. The molecule has 178 valence electrons. The number of hydrogen-bond acceptors (Lipinski definition) is 4. The Morgan fingerprint density at radius 3 is 2.39 bits per heavy atom. The Morgan fingerprint density at radius 1 is 1.09 bits per heavy atom. The number of piperazine rings is 1. The minimum atomic E-state index is -0.506. The van der Waals surface area contributed by atoms with Crippen molar-refractivity contribution in [3.05, 3.63) is 62.9 Å². The summed E-state index contributed by atoms with van der Waals surface area (Å²) in [4.78, 5) is 21.3. The number of nitrogens with zero attached hydrogens (tertiary/aromatic N) is 3. The highest BCUT2D eigenvalue weighted by atomic mass is 79.9. The SMILES string of the molecule is CC.CC(C)(C)OC(=O)N1CCN([C@@H]2c3ccc(Cl)cc3C=C(Br)c3cc(Cl)cnc32)CC1. The van der Waals surface area contributed by atoms with Crippen LogP contribution in [0.2, 0.25) is 10.0 Å². The van der Waals surface area contributed by atoms with Crippen molar-refractivity contribution in [2.24, 2.45) is 0 Å². The Labute approximate surface area is 214 Å². The van der Waals surface area contributed by atoms with Gasteiger partial charge in [-0.3, -0.25) is 9.88 Å². The molecule has 1 atom stereocenters. The smallest absolute Gasteiger partial charge is 0.410 e. The third-order valence-electron chi connectivity index (χ3n) is 5.36. The predicted octanol–water partition coefficient (Wildman–Crippen LogP) is 7.26. The predicted molar refractivity (Wildman–Crippen MR) is 140 cm³/mol. The largest absolute Gasteiger partial charge is 0.444 e. The van der Waals surface area contributed by atoms with Crippen LogP contribution in [-0.4, -0.2) is 52.7 Å². The minimum absolute atomic E-state index is 0.0772. The number of fused-ring (bicyclic) bond motifs is 2. The summed E-state index contributed by atoms with van der Waals surface area (Å²) < 4.78 is 6.46. The fraction of sp³-hybridized carbons (Fsp3) is 0.440. The van der Waals surface area contributed by atoms with E-state index in [1.807, 2.05) is 52.8 Å². The lowest BCUT2D eigenvalue weighted by molar-refractivity contribution is 0.0118. The lowest BCUT2D eigenvalue weighted by atomic mass is 9.96. The molecule has 1 saturated heterocycles. The molecule has 1 aliphatic carbocycles. The van der Waals surface area contributed by atoms with Gasteiger partial charge >= 0.3 is 6.09 Å². The third-order valence-corrected chi connectivity index (χ3v) is 6.46. The van der Waals surface area contributed by atoms with Gasteiger partial charge in [0, 0.05) is 47.4 Å². The van der Waals surface area contributed by atoms with E-state index in [9.17, 15) is 4.79 Å². The highest BCUT2D eigenvalue weighted by Gasteiger charge is 2.34. The summed E-state index contributed by atoms with van der Waals surface area (Å²) in [5, 5.41) is 1.27. The highest BCUT2D eigenvalue weighted by molar-refractivity contribution is 9.15. The lowest BCUT2D eigenvalue weighted by Gasteiger charge is -2.40. The van der Waals surface area contributed by atoms with Crippen molar-refractivity contribution >= 4 is 55.8 Å². The summed E-state index contributed by atoms with van der Waals surface area (Å²) in [6.45, 7) is 12.2. The molecule has 4 rings (SSSR count). The first-order valence-corrected chi connectivity index (χ1v) is 12.7. The van der Waals surface area contributed by atoms with Crippen LogP contribution in [-0.2, 0) is 4.74 Å². The molecular formula is C25H30BrCl2N3O2. The number of carbonyl (C=O) groups excluding carboxylic acids is 1. The van der Waals surface area contributed by atoms with Crippen molar-refractivity contribution in [2.45, 2.75) is 46.3 Å². The molecule has 5 nitrogen and oxygen atoms in total. The van der Waals surface area contributed by atoms with Crippen LogP contribution in [0.3, 0.4) is 0 Å². The minimum Gasteiger partial charge on any atom is -0.444 e. The highest BCUT2D eigenvalue weighted by Crippen LogP contribution is 2.42. The Kier molecular flexibility index (Phi) is 8.49. The first-order valence-electron chi connectivity index (χ1n) is 11.2. The molecule has 8 heteroatoms. The van der Waals surface area contributed by atoms with Gasteiger partial charge in [0.15, 0.2) is 0 Å². The number of hydrogen-bond donors (Lipinski definition) is 0. The second-order valence-corrected chi connectivity index (χ2v) is 10.5. The van der Waals surface area contributed by atoms with Gasteiger partial charge in [0.25, 0.3) is 0 Å². The van der Waals surface area contributed by atoms with E-state index in [4.69, 9.17) is 32.9 Å². The van der Waals surface area contributed by atoms with Crippen LogP contribution in [0.1, 0.15) is 63.0 Å². The number of benzene rings is 1. The normalized spacial score (nSPS) is 18.2. The van der Waals surface area contributed by atoms with Gasteiger partial charge in [-0.05, 0) is 56.2 Å². The molecule has 2 aliphatic rings. The summed E-state index contributed by atoms with van der Waals surface area (Å²) in [6.07, 6.45) is 3.48. The van der Waals surface area contributed by atoms with Crippen molar-refractivity contribution in [1.82, 2.24) is 14.8 Å². The molecular weight excluding hydrogens is 525 g/mol. The van der Waals surface area contributed by atoms with E-state index in [0.29, 0.717) is 36.2 Å². The molecule has 1 amide bonds. The molecule has 0 unspecified atom stereocenters. The van der Waals surface area contributed by atoms with Crippen LogP contribution in [0.4, 0.5) is 4.79 Å². The van der Waals surface area contributed by atoms with Crippen LogP contribution in [0.5, 0.6) is 0 Å². The van der Waals surface area contributed by atoms with Gasteiger partial charge in [0.1, 0.15) is 5.60 Å². The fourth-order valence-electron chi connectivity index (χ4n) is 4.00. The molecule has 0 N–H and O–H groups in total. The number of ether oxygens (including phenoxy) is 1. The molecule has 0 radical (unpaired) electrons. The maximum absolute atomic E-state index is 12.5. The van der Waals surface area contributed by atoms with E-state index in [0.717, 1.165) is 26.9 Å². The fourth-order valence-corrected chi connectivity index (χ4v) is 4.90. The van der Waals surface area contributed by atoms with Crippen molar-refractivity contribution in [3.63, 3.8) is 0 Å². The van der Waals surface area contributed by atoms with Crippen molar-refractivity contribution < 1.29 is 9.53 Å². The van der Waals surface area contributed by atoms with Gasteiger partial charge in [0.05, 0.1) is 16.8 Å². The summed E-state index contributed by atoms with van der Waals surface area (Å²) >= 11 is 16.3. The Morgan fingerprint density at radius 2 is 1.76 bits per heavy atom. The van der Waals surface area contributed by atoms with E-state index in [2.05, 4.69) is 33.0 Å². The molecule has 2 aromatic rings. The van der Waals surface area contributed by atoms with Gasteiger partial charge < -0.3 is 9.64 Å². The van der Waals surface area contributed by atoms with Gasteiger partial charge in [-0.1, -0.05) is 59.0 Å². The maximum Gasteiger partial charge on any atom is 0.410 e. The molecule has 0 spiro atoms. The zero-order valence-electron chi connectivity index (χ0n) is 19.7. The topological polar surface area (TPSA) is 45.7 Å². The number of pyridine rings is 1. The summed E-state index contributed by atoms with van der Waals surface area (Å²) in [5.74, 6) is 0. The molecule has 1 aromatic carbocycles. The standard InChI is InChI=1S/C23H24BrCl2N3O2.C2H6/c1-23(2,3)31-22(30)29-8-6-28(7-9-29)21-17-5-4-15(25)10-14(17)11-19(24)18-12-16(26)13-27-20(18)21;1-2/h4-5,10-13,21H,6-9H2,1-3H3;1-2H3/t21-;/m1./s1. The molecule has 2 heterocycles. The second-order valence-electron chi connectivity index (χ2n) is 8.76. The number of halogens is 3. The van der Waals surface area contributed by atoms with E-state index in [1.54, 1.807) is 11.1 Å². The number of carbonyl (C=O) groups is 1. The maximum atomic E-state index is 12.5. The van der Waals surface area contributed by atoms with E-state index in [-0.39, 0.29) is 12.1 Å². The van der Waals surface area contributed by atoms with Gasteiger partial charge in [-0.2, -0.15) is 0 Å². The summed E-state index contributed by atoms with van der Waals surface area (Å²) in [7, 11) is 0. The molecule has 1 aromatic heterocycles. The molecule has 1 fully saturated rings. The zero-order valence-corrected chi connectivity index (χ0v) is 22.8. The van der Waals surface area contributed by atoms with Crippen LogP contribution in [0, 0.1) is 0 Å².